The molecular formula is C16H16ClN3O2. The number of aromatic nitrogens is 1. The number of amides is 2. The molecular weight excluding hydrogens is 302 g/mol. The predicted molar refractivity (Wildman–Crippen MR) is 84.0 cm³/mol. The van der Waals surface area contributed by atoms with Gasteiger partial charge in [-0.3, -0.25) is 9.59 Å². The summed E-state index contributed by atoms with van der Waals surface area (Å²) < 4.78 is 0. The molecule has 0 bridgehead atoms. The van der Waals surface area contributed by atoms with E-state index >= 15 is 0 Å². The number of nitrogens with one attached hydrogen (secondary N) is 2. The lowest BCUT2D eigenvalue weighted by Gasteiger charge is -2.16. The zero-order chi connectivity index (χ0) is 15.7. The number of rotatable bonds is 5. The van der Waals surface area contributed by atoms with Gasteiger partial charge in [0.15, 0.2) is 0 Å². The molecule has 1 saturated carbocycles. The van der Waals surface area contributed by atoms with Crippen LogP contribution in [0, 0.1) is 0 Å². The van der Waals surface area contributed by atoms with Gasteiger partial charge in [0.05, 0.1) is 5.56 Å². The van der Waals surface area contributed by atoms with Gasteiger partial charge in [0.25, 0.3) is 5.91 Å². The average molecular weight is 318 g/mol. The van der Waals surface area contributed by atoms with Crippen LogP contribution in [-0.2, 0) is 5.41 Å². The first-order valence-electron chi connectivity index (χ1n) is 7.03. The van der Waals surface area contributed by atoms with Gasteiger partial charge in [-0.1, -0.05) is 23.7 Å². The maximum Gasteiger partial charge on any atom is 0.267 e. The molecule has 0 aliphatic heterocycles. The van der Waals surface area contributed by atoms with Gasteiger partial charge in [-0.05, 0) is 36.6 Å². The highest BCUT2D eigenvalue weighted by Gasteiger charge is 2.44. The van der Waals surface area contributed by atoms with E-state index in [1.165, 1.54) is 12.3 Å². The quantitative estimate of drug-likeness (QED) is 0.789. The molecule has 1 aliphatic rings. The monoisotopic (exact) mass is 317 g/mol. The Balaban J connectivity index is 1.67. The van der Waals surface area contributed by atoms with Crippen molar-refractivity contribution in [3.05, 3.63) is 58.4 Å². The molecule has 0 radical (unpaired) electrons. The van der Waals surface area contributed by atoms with E-state index in [1.807, 2.05) is 24.3 Å². The molecule has 5 nitrogen and oxygen atoms in total. The lowest BCUT2D eigenvalue weighted by Crippen LogP contribution is -2.32. The van der Waals surface area contributed by atoms with Crippen LogP contribution in [0.1, 0.15) is 39.3 Å². The molecule has 6 heteroatoms. The summed E-state index contributed by atoms with van der Waals surface area (Å²) in [5.74, 6) is -0.811. The van der Waals surface area contributed by atoms with Crippen LogP contribution in [0.3, 0.4) is 0 Å². The number of halogens is 1. The van der Waals surface area contributed by atoms with E-state index in [1.54, 1.807) is 0 Å². The summed E-state index contributed by atoms with van der Waals surface area (Å²) >= 11 is 6.03. The number of H-pyrrole nitrogens is 1. The summed E-state index contributed by atoms with van der Waals surface area (Å²) in [6.45, 7) is 0.539. The second-order valence-electron chi connectivity index (χ2n) is 5.64. The van der Waals surface area contributed by atoms with Gasteiger partial charge in [0.1, 0.15) is 5.69 Å². The highest BCUT2D eigenvalue weighted by molar-refractivity contribution is 6.30. The van der Waals surface area contributed by atoms with Crippen LogP contribution in [0.25, 0.3) is 0 Å². The molecule has 1 aromatic heterocycles. The van der Waals surface area contributed by atoms with Gasteiger partial charge in [-0.2, -0.15) is 0 Å². The van der Waals surface area contributed by atoms with Crippen molar-refractivity contribution in [3.8, 4) is 0 Å². The molecule has 2 amide bonds. The molecule has 0 spiro atoms. The van der Waals surface area contributed by atoms with Crippen LogP contribution in [-0.4, -0.2) is 23.3 Å². The smallest absolute Gasteiger partial charge is 0.267 e. The number of nitrogens with two attached hydrogens (primary N) is 1. The number of hydrogen-bond acceptors (Lipinski definition) is 2. The van der Waals surface area contributed by atoms with Gasteiger partial charge in [-0.15, -0.1) is 0 Å². The normalized spacial score (nSPS) is 15.3. The van der Waals surface area contributed by atoms with Gasteiger partial charge in [0.2, 0.25) is 5.91 Å². The number of carbonyl (C=O) groups is 2. The molecule has 114 valence electrons. The topological polar surface area (TPSA) is 88.0 Å². The minimum absolute atomic E-state index is 0.0281. The molecule has 1 aromatic carbocycles. The standard InChI is InChI=1S/C16H16ClN3O2/c17-12-3-1-2-11(7-12)16(4-5-16)9-20-15(22)13-6-10(8-19-13)14(18)21/h1-3,6-8,19H,4-5,9H2,(H2,18,21)(H,20,22). The molecule has 22 heavy (non-hydrogen) atoms. The molecule has 3 rings (SSSR count). The van der Waals surface area contributed by atoms with E-state index in [-0.39, 0.29) is 11.3 Å². The van der Waals surface area contributed by atoms with Gasteiger partial charge in [0, 0.05) is 23.2 Å². The predicted octanol–water partition coefficient (Wildman–Crippen LogP) is 2.23. The van der Waals surface area contributed by atoms with Gasteiger partial charge >= 0.3 is 0 Å². The first-order valence-corrected chi connectivity index (χ1v) is 7.40. The van der Waals surface area contributed by atoms with Crippen LogP contribution in [0.4, 0.5) is 0 Å². The second-order valence-corrected chi connectivity index (χ2v) is 6.08. The van der Waals surface area contributed by atoms with E-state index in [2.05, 4.69) is 10.3 Å². The Morgan fingerprint density at radius 1 is 1.32 bits per heavy atom. The first-order chi connectivity index (χ1) is 10.5. The molecule has 0 saturated heterocycles. The SMILES string of the molecule is NC(=O)c1c[nH]c(C(=O)NCC2(c3cccc(Cl)c3)CC2)c1. The highest BCUT2D eigenvalue weighted by Crippen LogP contribution is 2.48. The van der Waals surface area contributed by atoms with Crippen LogP contribution >= 0.6 is 11.6 Å². The fourth-order valence-electron chi connectivity index (χ4n) is 2.55. The zero-order valence-corrected chi connectivity index (χ0v) is 12.6. The third kappa shape index (κ3) is 2.85. The van der Waals surface area contributed by atoms with Crippen molar-refractivity contribution >= 4 is 23.4 Å². The summed E-state index contributed by atoms with van der Waals surface area (Å²) in [5, 5.41) is 3.61. The Morgan fingerprint density at radius 2 is 2.09 bits per heavy atom. The van der Waals surface area contributed by atoms with Crippen molar-refractivity contribution < 1.29 is 9.59 Å². The number of hydrogen-bond donors (Lipinski definition) is 3. The van der Waals surface area contributed by atoms with Gasteiger partial charge < -0.3 is 16.0 Å². The first kappa shape index (κ1) is 14.7. The molecule has 4 N–H and O–H groups in total. The third-order valence-corrected chi connectivity index (χ3v) is 4.33. The maximum atomic E-state index is 12.1. The molecule has 1 heterocycles. The number of benzene rings is 1. The van der Waals surface area contributed by atoms with Gasteiger partial charge in [-0.25, -0.2) is 0 Å². The largest absolute Gasteiger partial charge is 0.366 e. The summed E-state index contributed by atoms with van der Waals surface area (Å²) in [7, 11) is 0. The number of primary amides is 1. The fraction of sp³-hybridized carbons (Fsp3) is 0.250. The van der Waals surface area contributed by atoms with E-state index < -0.39 is 5.91 Å². The Kier molecular flexibility index (Phi) is 3.66. The van der Waals surface area contributed by atoms with Crippen molar-refractivity contribution in [2.24, 2.45) is 5.73 Å². The van der Waals surface area contributed by atoms with E-state index in [0.29, 0.717) is 22.8 Å². The Labute approximate surface area is 132 Å². The van der Waals surface area contributed by atoms with Crippen molar-refractivity contribution in [1.29, 1.82) is 0 Å². The number of carbonyl (C=O) groups excluding carboxylic acids is 2. The molecule has 0 unspecified atom stereocenters. The van der Waals surface area contributed by atoms with Crippen molar-refractivity contribution in [2.75, 3.05) is 6.54 Å². The minimum atomic E-state index is -0.562. The van der Waals surface area contributed by atoms with Crippen molar-refractivity contribution in [2.45, 2.75) is 18.3 Å². The minimum Gasteiger partial charge on any atom is -0.366 e. The average Bonchev–Trinajstić information content (AvgIpc) is 3.11. The lowest BCUT2D eigenvalue weighted by molar-refractivity contribution is 0.0945. The summed E-state index contributed by atoms with van der Waals surface area (Å²) in [5.41, 5.74) is 6.90. The summed E-state index contributed by atoms with van der Waals surface area (Å²) in [6.07, 6.45) is 3.47. The summed E-state index contributed by atoms with van der Waals surface area (Å²) in [6, 6.07) is 9.19. The van der Waals surface area contributed by atoms with Crippen LogP contribution in [0.5, 0.6) is 0 Å². The van der Waals surface area contributed by atoms with E-state index in [4.69, 9.17) is 17.3 Å². The Bertz CT molecular complexity index is 734. The Morgan fingerprint density at radius 3 is 2.68 bits per heavy atom. The maximum absolute atomic E-state index is 12.1. The zero-order valence-electron chi connectivity index (χ0n) is 11.9. The molecule has 1 aliphatic carbocycles. The van der Waals surface area contributed by atoms with Crippen LogP contribution in [0.2, 0.25) is 5.02 Å². The van der Waals surface area contributed by atoms with E-state index in [0.717, 1.165) is 18.4 Å². The molecule has 0 atom stereocenters. The van der Waals surface area contributed by atoms with Crippen LogP contribution < -0.4 is 11.1 Å². The third-order valence-electron chi connectivity index (χ3n) is 4.09. The lowest BCUT2D eigenvalue weighted by atomic mass is 9.96. The van der Waals surface area contributed by atoms with E-state index in [9.17, 15) is 9.59 Å². The molecule has 1 fully saturated rings. The van der Waals surface area contributed by atoms with Crippen molar-refractivity contribution in [3.63, 3.8) is 0 Å². The summed E-state index contributed by atoms with van der Waals surface area (Å²) in [4.78, 5) is 25.9. The highest BCUT2D eigenvalue weighted by atomic mass is 35.5. The second kappa shape index (κ2) is 5.50. The number of aromatic amines is 1. The van der Waals surface area contributed by atoms with Crippen LogP contribution in [0.15, 0.2) is 36.5 Å². The van der Waals surface area contributed by atoms with Crippen molar-refractivity contribution in [1.82, 2.24) is 10.3 Å². The molecule has 2 aromatic rings. The fourth-order valence-corrected chi connectivity index (χ4v) is 2.74. The Hall–Kier alpha value is -2.27.